The van der Waals surface area contributed by atoms with Gasteiger partial charge in [-0.1, -0.05) is 6.07 Å². The van der Waals surface area contributed by atoms with Crippen LogP contribution in [-0.2, 0) is 6.42 Å². The van der Waals surface area contributed by atoms with Gasteiger partial charge in [-0.3, -0.25) is 9.48 Å². The van der Waals surface area contributed by atoms with Gasteiger partial charge < -0.3 is 15.2 Å². The lowest BCUT2D eigenvalue weighted by molar-refractivity contribution is 0.0696. The van der Waals surface area contributed by atoms with Crippen LogP contribution < -0.4 is 10.1 Å². The first-order valence-electron chi connectivity index (χ1n) is 7.66. The van der Waals surface area contributed by atoms with E-state index < -0.39 is 5.97 Å². The molecule has 0 saturated heterocycles. The van der Waals surface area contributed by atoms with Crippen molar-refractivity contribution in [3.63, 3.8) is 0 Å². The van der Waals surface area contributed by atoms with Crippen molar-refractivity contribution >= 4 is 11.9 Å². The highest BCUT2D eigenvalue weighted by Crippen LogP contribution is 2.20. The summed E-state index contributed by atoms with van der Waals surface area (Å²) >= 11 is 0. The molecule has 1 amide bonds. The van der Waals surface area contributed by atoms with E-state index in [1.165, 1.54) is 19.2 Å². The summed E-state index contributed by atoms with van der Waals surface area (Å²) in [6, 6.07) is 6.57. The Kier molecular flexibility index (Phi) is 5.57. The molecule has 0 saturated carbocycles. The topological polar surface area (TPSA) is 93.5 Å². The minimum Gasteiger partial charge on any atom is -0.496 e. The fourth-order valence-corrected chi connectivity index (χ4v) is 2.23. The Morgan fingerprint density at radius 3 is 2.67 bits per heavy atom. The van der Waals surface area contributed by atoms with E-state index in [4.69, 9.17) is 9.84 Å². The zero-order chi connectivity index (χ0) is 17.7. The Hall–Kier alpha value is -2.83. The van der Waals surface area contributed by atoms with Crippen molar-refractivity contribution in [3.05, 3.63) is 47.3 Å². The minimum atomic E-state index is -1.01. The molecule has 0 aliphatic heterocycles. The molecule has 2 aromatic rings. The number of hydrogen-bond acceptors (Lipinski definition) is 4. The Labute approximate surface area is 140 Å². The number of carbonyl (C=O) groups excluding carboxylic acids is 1. The molecule has 24 heavy (non-hydrogen) atoms. The van der Waals surface area contributed by atoms with Crippen LogP contribution in [0, 0.1) is 0 Å². The summed E-state index contributed by atoms with van der Waals surface area (Å²) in [7, 11) is 1.49. The fraction of sp³-hybridized carbons (Fsp3) is 0.353. The third-order valence-corrected chi connectivity index (χ3v) is 3.58. The highest BCUT2D eigenvalue weighted by molar-refractivity contribution is 5.92. The van der Waals surface area contributed by atoms with Gasteiger partial charge in [0.15, 0.2) is 0 Å². The summed E-state index contributed by atoms with van der Waals surface area (Å²) in [6.07, 6.45) is 2.30. The minimum absolute atomic E-state index is 0.166. The van der Waals surface area contributed by atoms with Gasteiger partial charge in [-0.15, -0.1) is 0 Å². The first-order chi connectivity index (χ1) is 11.4. The third-order valence-electron chi connectivity index (χ3n) is 3.58. The molecule has 0 aliphatic carbocycles. The lowest BCUT2D eigenvalue weighted by Crippen LogP contribution is -2.26. The van der Waals surface area contributed by atoms with Gasteiger partial charge in [0.05, 0.1) is 12.7 Å². The van der Waals surface area contributed by atoms with Crippen molar-refractivity contribution in [3.8, 4) is 5.75 Å². The number of nitrogens with one attached hydrogen (secondary N) is 1. The number of carbonyl (C=O) groups is 2. The number of aromatic nitrogens is 2. The molecule has 0 spiro atoms. The first-order valence-corrected chi connectivity index (χ1v) is 7.66. The van der Waals surface area contributed by atoms with E-state index >= 15 is 0 Å². The van der Waals surface area contributed by atoms with E-state index in [0.29, 0.717) is 24.4 Å². The quantitative estimate of drug-likeness (QED) is 0.811. The van der Waals surface area contributed by atoms with E-state index in [1.807, 2.05) is 13.8 Å². The van der Waals surface area contributed by atoms with E-state index in [9.17, 15) is 9.59 Å². The van der Waals surface area contributed by atoms with Crippen molar-refractivity contribution in [1.29, 1.82) is 0 Å². The summed E-state index contributed by atoms with van der Waals surface area (Å²) in [5, 5.41) is 16.0. The van der Waals surface area contributed by atoms with Crippen LogP contribution in [0.4, 0.5) is 0 Å². The van der Waals surface area contributed by atoms with Crippen molar-refractivity contribution in [2.75, 3.05) is 13.7 Å². The molecule has 128 valence electrons. The van der Waals surface area contributed by atoms with Crippen LogP contribution in [0.1, 0.15) is 46.3 Å². The second kappa shape index (κ2) is 7.63. The summed E-state index contributed by atoms with van der Waals surface area (Å²) in [5.41, 5.74) is 1.37. The Balaban J connectivity index is 1.95. The molecule has 1 heterocycles. The molecule has 1 aromatic carbocycles. The molecule has 0 unspecified atom stereocenters. The molecule has 0 fully saturated rings. The number of ether oxygens (including phenoxy) is 1. The fourth-order valence-electron chi connectivity index (χ4n) is 2.23. The van der Waals surface area contributed by atoms with Crippen molar-refractivity contribution < 1.29 is 19.4 Å². The van der Waals surface area contributed by atoms with E-state index in [2.05, 4.69) is 10.4 Å². The number of methoxy groups -OCH3 is 1. The molecule has 2 rings (SSSR count). The average molecular weight is 331 g/mol. The molecular weight excluding hydrogens is 310 g/mol. The first kappa shape index (κ1) is 17.5. The van der Waals surface area contributed by atoms with Crippen LogP contribution in [0.5, 0.6) is 5.75 Å². The van der Waals surface area contributed by atoms with Crippen LogP contribution in [0.2, 0.25) is 0 Å². The Bertz CT molecular complexity index is 737. The number of benzene rings is 1. The standard InChI is InChI=1S/C17H21N3O4/c1-11(2)20-9-7-14(19-20)16(21)18-8-6-12-4-5-13(17(22)23)10-15(12)24-3/h4-5,7,9-11H,6,8H2,1-3H3,(H,18,21)(H,22,23). The van der Waals surface area contributed by atoms with Crippen LogP contribution in [-0.4, -0.2) is 40.4 Å². The molecule has 0 atom stereocenters. The highest BCUT2D eigenvalue weighted by Gasteiger charge is 2.12. The van der Waals surface area contributed by atoms with E-state index in [-0.39, 0.29) is 17.5 Å². The average Bonchev–Trinajstić information content (AvgIpc) is 3.05. The second-order valence-electron chi connectivity index (χ2n) is 5.61. The second-order valence-corrected chi connectivity index (χ2v) is 5.61. The molecule has 0 aliphatic rings. The molecular formula is C17H21N3O4. The maximum absolute atomic E-state index is 12.1. The molecule has 1 aromatic heterocycles. The predicted molar refractivity (Wildman–Crippen MR) is 88.6 cm³/mol. The number of carboxylic acids is 1. The smallest absolute Gasteiger partial charge is 0.335 e. The van der Waals surface area contributed by atoms with Gasteiger partial charge in [0.25, 0.3) is 5.91 Å². The van der Waals surface area contributed by atoms with E-state index in [1.54, 1.807) is 23.0 Å². The largest absolute Gasteiger partial charge is 0.496 e. The number of rotatable bonds is 7. The van der Waals surface area contributed by atoms with Gasteiger partial charge >= 0.3 is 5.97 Å². The van der Waals surface area contributed by atoms with Gasteiger partial charge in [-0.25, -0.2) is 4.79 Å². The van der Waals surface area contributed by atoms with Crippen molar-refractivity contribution in [2.45, 2.75) is 26.3 Å². The van der Waals surface area contributed by atoms with E-state index in [0.717, 1.165) is 5.56 Å². The molecule has 7 heteroatoms. The van der Waals surface area contributed by atoms with Gasteiger partial charge in [-0.05, 0) is 44.0 Å². The van der Waals surface area contributed by atoms with Crippen LogP contribution in [0.3, 0.4) is 0 Å². The number of aromatic carboxylic acids is 1. The van der Waals surface area contributed by atoms with Crippen LogP contribution >= 0.6 is 0 Å². The van der Waals surface area contributed by atoms with Crippen molar-refractivity contribution in [2.24, 2.45) is 0 Å². The van der Waals surface area contributed by atoms with Gasteiger partial charge in [0.1, 0.15) is 11.4 Å². The zero-order valence-corrected chi connectivity index (χ0v) is 13.9. The summed E-state index contributed by atoms with van der Waals surface area (Å²) in [4.78, 5) is 23.0. The van der Waals surface area contributed by atoms with Gasteiger partial charge in [0.2, 0.25) is 0 Å². The van der Waals surface area contributed by atoms with Crippen molar-refractivity contribution in [1.82, 2.24) is 15.1 Å². The molecule has 2 N–H and O–H groups in total. The summed E-state index contributed by atoms with van der Waals surface area (Å²) in [5.74, 6) is -0.752. The monoisotopic (exact) mass is 331 g/mol. The maximum Gasteiger partial charge on any atom is 0.335 e. The van der Waals surface area contributed by atoms with Gasteiger partial charge in [-0.2, -0.15) is 5.10 Å². The van der Waals surface area contributed by atoms with Gasteiger partial charge in [0, 0.05) is 18.8 Å². The Morgan fingerprint density at radius 1 is 1.33 bits per heavy atom. The highest BCUT2D eigenvalue weighted by atomic mass is 16.5. The summed E-state index contributed by atoms with van der Waals surface area (Å²) < 4.78 is 6.94. The van der Waals surface area contributed by atoms with Crippen LogP contribution in [0.15, 0.2) is 30.5 Å². The number of hydrogen-bond donors (Lipinski definition) is 2. The number of carboxylic acid groups (broad SMARTS) is 1. The maximum atomic E-state index is 12.1. The lowest BCUT2D eigenvalue weighted by Gasteiger charge is -2.10. The SMILES string of the molecule is COc1cc(C(=O)O)ccc1CCNC(=O)c1ccn(C(C)C)n1. The molecule has 0 radical (unpaired) electrons. The predicted octanol–water partition coefficient (Wildman–Crippen LogP) is 2.14. The zero-order valence-electron chi connectivity index (χ0n) is 13.9. The normalized spacial score (nSPS) is 10.7. The molecule has 7 nitrogen and oxygen atoms in total. The number of amides is 1. The van der Waals surface area contributed by atoms with Crippen LogP contribution in [0.25, 0.3) is 0 Å². The number of nitrogens with zero attached hydrogens (tertiary/aromatic N) is 2. The summed E-state index contributed by atoms with van der Waals surface area (Å²) in [6.45, 7) is 4.37. The molecule has 0 bridgehead atoms. The third kappa shape index (κ3) is 4.13. The Morgan fingerprint density at radius 2 is 2.08 bits per heavy atom. The lowest BCUT2D eigenvalue weighted by atomic mass is 10.1.